The molecule has 5 nitrogen and oxygen atoms in total. The molecular weight excluding hydrogens is 216 g/mol. The van der Waals surface area contributed by atoms with Crippen molar-refractivity contribution in [1.29, 1.82) is 0 Å². The van der Waals surface area contributed by atoms with E-state index in [0.29, 0.717) is 0 Å². The highest BCUT2D eigenvalue weighted by Gasteiger charge is 2.29. The molecule has 0 aliphatic carbocycles. The Morgan fingerprint density at radius 3 is 2.59 bits per heavy atom. The van der Waals surface area contributed by atoms with E-state index in [1.54, 1.807) is 0 Å². The normalized spacial score (nSPS) is 18.5. The van der Waals surface area contributed by atoms with E-state index in [-0.39, 0.29) is 5.54 Å². The van der Waals surface area contributed by atoms with Crippen LogP contribution in [0.25, 0.3) is 0 Å². The van der Waals surface area contributed by atoms with Crippen molar-refractivity contribution in [2.75, 3.05) is 32.0 Å². The zero-order chi connectivity index (χ0) is 12.5. The number of ether oxygens (including phenoxy) is 1. The second kappa shape index (κ2) is 4.66. The Labute approximate surface area is 103 Å². The van der Waals surface area contributed by atoms with Crippen LogP contribution in [0.5, 0.6) is 0 Å². The standard InChI is InChI=1S/C12H22N4O/c1-10-11(13)8-16(14-10)9-12(2,3)15-4-6-17-7-5-15/h8H,4-7,9,13H2,1-3H3. The van der Waals surface area contributed by atoms with Crippen molar-refractivity contribution < 1.29 is 4.74 Å². The molecule has 0 atom stereocenters. The lowest BCUT2D eigenvalue weighted by atomic mass is 10.0. The van der Waals surface area contributed by atoms with Gasteiger partial charge in [0.15, 0.2) is 0 Å². The van der Waals surface area contributed by atoms with Crippen LogP contribution in [-0.2, 0) is 11.3 Å². The van der Waals surface area contributed by atoms with Crippen LogP contribution >= 0.6 is 0 Å². The van der Waals surface area contributed by atoms with E-state index in [1.165, 1.54) is 0 Å². The Balaban J connectivity index is 2.05. The molecule has 2 rings (SSSR count). The first-order valence-electron chi connectivity index (χ1n) is 6.11. The van der Waals surface area contributed by atoms with Crippen molar-refractivity contribution in [2.24, 2.45) is 0 Å². The second-order valence-electron chi connectivity index (χ2n) is 5.28. The molecule has 2 N–H and O–H groups in total. The van der Waals surface area contributed by atoms with Gasteiger partial charge in [-0.05, 0) is 20.8 Å². The summed E-state index contributed by atoms with van der Waals surface area (Å²) in [5.74, 6) is 0. The highest BCUT2D eigenvalue weighted by Crippen LogP contribution is 2.19. The van der Waals surface area contributed by atoms with Crippen molar-refractivity contribution in [3.63, 3.8) is 0 Å². The van der Waals surface area contributed by atoms with Gasteiger partial charge in [-0.1, -0.05) is 0 Å². The molecule has 0 radical (unpaired) electrons. The smallest absolute Gasteiger partial charge is 0.0822 e. The quantitative estimate of drug-likeness (QED) is 0.849. The fourth-order valence-corrected chi connectivity index (χ4v) is 2.28. The third kappa shape index (κ3) is 2.79. The van der Waals surface area contributed by atoms with Gasteiger partial charge in [-0.3, -0.25) is 9.58 Å². The molecule has 0 bridgehead atoms. The number of nitrogens with two attached hydrogens (primary N) is 1. The lowest BCUT2D eigenvalue weighted by molar-refractivity contribution is -0.0167. The molecule has 1 fully saturated rings. The fraction of sp³-hybridized carbons (Fsp3) is 0.750. The number of rotatable bonds is 3. The van der Waals surface area contributed by atoms with Gasteiger partial charge >= 0.3 is 0 Å². The molecule has 0 unspecified atom stereocenters. The Morgan fingerprint density at radius 1 is 1.41 bits per heavy atom. The number of aromatic nitrogens is 2. The monoisotopic (exact) mass is 238 g/mol. The molecular formula is C12H22N4O. The average molecular weight is 238 g/mol. The van der Waals surface area contributed by atoms with Gasteiger partial charge in [0.25, 0.3) is 0 Å². The highest BCUT2D eigenvalue weighted by molar-refractivity contribution is 5.39. The summed E-state index contributed by atoms with van der Waals surface area (Å²) in [5, 5.41) is 4.42. The highest BCUT2D eigenvalue weighted by atomic mass is 16.5. The van der Waals surface area contributed by atoms with E-state index in [1.807, 2.05) is 17.8 Å². The number of hydrogen-bond donors (Lipinski definition) is 1. The van der Waals surface area contributed by atoms with E-state index in [0.717, 1.165) is 44.2 Å². The summed E-state index contributed by atoms with van der Waals surface area (Å²) in [6.45, 7) is 10.9. The zero-order valence-electron chi connectivity index (χ0n) is 10.9. The van der Waals surface area contributed by atoms with Gasteiger partial charge in [0.1, 0.15) is 0 Å². The first-order chi connectivity index (χ1) is 7.99. The van der Waals surface area contributed by atoms with Crippen molar-refractivity contribution in [3.8, 4) is 0 Å². The van der Waals surface area contributed by atoms with Gasteiger partial charge in [0.2, 0.25) is 0 Å². The maximum atomic E-state index is 5.82. The van der Waals surface area contributed by atoms with E-state index >= 15 is 0 Å². The Hall–Kier alpha value is -1.07. The summed E-state index contributed by atoms with van der Waals surface area (Å²) in [6.07, 6.45) is 1.91. The molecule has 1 aromatic heterocycles. The van der Waals surface area contributed by atoms with E-state index in [2.05, 4.69) is 23.8 Å². The summed E-state index contributed by atoms with van der Waals surface area (Å²) in [5.41, 5.74) is 7.57. The largest absolute Gasteiger partial charge is 0.396 e. The molecule has 0 saturated carbocycles. The van der Waals surface area contributed by atoms with Crippen molar-refractivity contribution in [3.05, 3.63) is 11.9 Å². The van der Waals surface area contributed by atoms with Crippen LogP contribution in [0.4, 0.5) is 5.69 Å². The minimum absolute atomic E-state index is 0.0781. The predicted molar refractivity (Wildman–Crippen MR) is 67.8 cm³/mol. The SMILES string of the molecule is Cc1nn(CC(C)(C)N2CCOCC2)cc1N. The molecule has 1 aliphatic heterocycles. The molecule has 96 valence electrons. The van der Waals surface area contributed by atoms with Gasteiger partial charge in [-0.15, -0.1) is 0 Å². The number of anilines is 1. The minimum Gasteiger partial charge on any atom is -0.396 e. The van der Waals surface area contributed by atoms with E-state index in [9.17, 15) is 0 Å². The number of morpholine rings is 1. The van der Waals surface area contributed by atoms with Crippen LogP contribution in [0.1, 0.15) is 19.5 Å². The molecule has 1 saturated heterocycles. The average Bonchev–Trinajstić information content (AvgIpc) is 2.58. The molecule has 5 heteroatoms. The molecule has 0 amide bonds. The first kappa shape index (κ1) is 12.4. The third-order valence-corrected chi connectivity index (χ3v) is 3.40. The van der Waals surface area contributed by atoms with Gasteiger partial charge in [0.05, 0.1) is 31.1 Å². The molecule has 1 aromatic rings. The van der Waals surface area contributed by atoms with Crippen LogP contribution in [0.3, 0.4) is 0 Å². The number of nitrogen functional groups attached to an aromatic ring is 1. The summed E-state index contributed by atoms with van der Waals surface area (Å²) >= 11 is 0. The summed E-state index contributed by atoms with van der Waals surface area (Å²) in [6, 6.07) is 0. The van der Waals surface area contributed by atoms with Crippen LogP contribution in [0.15, 0.2) is 6.20 Å². The summed E-state index contributed by atoms with van der Waals surface area (Å²) < 4.78 is 7.33. The molecule has 0 aromatic carbocycles. The van der Waals surface area contributed by atoms with Crippen LogP contribution in [0, 0.1) is 6.92 Å². The van der Waals surface area contributed by atoms with Gasteiger partial charge in [0, 0.05) is 24.8 Å². The summed E-state index contributed by atoms with van der Waals surface area (Å²) in [7, 11) is 0. The van der Waals surface area contributed by atoms with E-state index in [4.69, 9.17) is 10.5 Å². The molecule has 1 aliphatic rings. The Kier molecular flexibility index (Phi) is 3.40. The Morgan fingerprint density at radius 2 is 2.06 bits per heavy atom. The maximum absolute atomic E-state index is 5.82. The first-order valence-corrected chi connectivity index (χ1v) is 6.11. The fourth-order valence-electron chi connectivity index (χ4n) is 2.28. The topological polar surface area (TPSA) is 56.3 Å². The number of hydrogen-bond acceptors (Lipinski definition) is 4. The van der Waals surface area contributed by atoms with E-state index < -0.39 is 0 Å². The Bertz CT molecular complexity index is 360. The molecule has 17 heavy (non-hydrogen) atoms. The lowest BCUT2D eigenvalue weighted by Crippen LogP contribution is -2.52. The second-order valence-corrected chi connectivity index (χ2v) is 5.28. The third-order valence-electron chi connectivity index (χ3n) is 3.40. The predicted octanol–water partition coefficient (Wildman–Crippen LogP) is 0.885. The van der Waals surface area contributed by atoms with Crippen LogP contribution in [0.2, 0.25) is 0 Å². The minimum atomic E-state index is 0.0781. The van der Waals surface area contributed by atoms with Crippen LogP contribution in [-0.4, -0.2) is 46.5 Å². The lowest BCUT2D eigenvalue weighted by Gasteiger charge is -2.40. The maximum Gasteiger partial charge on any atom is 0.0822 e. The van der Waals surface area contributed by atoms with Crippen LogP contribution < -0.4 is 5.73 Å². The number of nitrogens with zero attached hydrogens (tertiary/aromatic N) is 3. The summed E-state index contributed by atoms with van der Waals surface area (Å²) in [4.78, 5) is 2.45. The number of aryl methyl sites for hydroxylation is 1. The van der Waals surface area contributed by atoms with Crippen molar-refractivity contribution in [1.82, 2.24) is 14.7 Å². The van der Waals surface area contributed by atoms with Crippen molar-refractivity contribution in [2.45, 2.75) is 32.9 Å². The van der Waals surface area contributed by atoms with Crippen molar-refractivity contribution >= 4 is 5.69 Å². The van der Waals surface area contributed by atoms with Gasteiger partial charge in [-0.25, -0.2) is 0 Å². The zero-order valence-corrected chi connectivity index (χ0v) is 10.9. The molecule has 0 spiro atoms. The van der Waals surface area contributed by atoms with Gasteiger partial charge < -0.3 is 10.5 Å². The van der Waals surface area contributed by atoms with Gasteiger partial charge in [-0.2, -0.15) is 5.10 Å². The molecule has 2 heterocycles.